The van der Waals surface area contributed by atoms with Crippen LogP contribution in [0.3, 0.4) is 0 Å². The molecule has 2 unspecified atom stereocenters. The van der Waals surface area contributed by atoms with Gasteiger partial charge >= 0.3 is 12.1 Å². The number of nitrogens with one attached hydrogen (secondary N) is 1. The van der Waals surface area contributed by atoms with Crippen molar-refractivity contribution in [3.63, 3.8) is 0 Å². The van der Waals surface area contributed by atoms with E-state index in [2.05, 4.69) is 10.3 Å². The van der Waals surface area contributed by atoms with Crippen LogP contribution in [0.25, 0.3) is 0 Å². The summed E-state index contributed by atoms with van der Waals surface area (Å²) in [5.74, 6) is -1.32. The molecule has 1 rings (SSSR count). The van der Waals surface area contributed by atoms with Crippen LogP contribution in [0.4, 0.5) is 4.79 Å². The molecule has 8 heteroatoms. The Kier molecular flexibility index (Phi) is 5.84. The number of aromatic carboxylic acids is 1. The van der Waals surface area contributed by atoms with Gasteiger partial charge in [-0.1, -0.05) is 6.07 Å². The zero-order chi connectivity index (χ0) is 16.9. The Balaban J connectivity index is 2.68. The number of aromatic nitrogens is 1. The predicted molar refractivity (Wildman–Crippen MR) is 76.4 cm³/mol. The van der Waals surface area contributed by atoms with Crippen molar-refractivity contribution >= 4 is 12.1 Å². The van der Waals surface area contributed by atoms with E-state index in [0.29, 0.717) is 0 Å². The Morgan fingerprint density at radius 3 is 2.55 bits per heavy atom. The van der Waals surface area contributed by atoms with Crippen LogP contribution in [0.1, 0.15) is 42.9 Å². The lowest BCUT2D eigenvalue weighted by Crippen LogP contribution is -2.39. The molecule has 0 spiro atoms. The number of carboxylic acids is 1. The van der Waals surface area contributed by atoms with E-state index in [9.17, 15) is 19.8 Å². The van der Waals surface area contributed by atoms with E-state index in [1.807, 2.05) is 0 Å². The molecule has 1 aromatic rings. The normalized spacial score (nSPS) is 14.0. The quantitative estimate of drug-likeness (QED) is 0.629. The number of aliphatic hydroxyl groups is 2. The highest BCUT2D eigenvalue weighted by Gasteiger charge is 2.25. The summed E-state index contributed by atoms with van der Waals surface area (Å²) in [6.45, 7) is 4.76. The number of aliphatic hydroxyl groups excluding tert-OH is 2. The number of carbonyl (C=O) groups excluding carboxylic acids is 1. The van der Waals surface area contributed by atoms with Crippen LogP contribution in [-0.4, -0.2) is 50.6 Å². The van der Waals surface area contributed by atoms with Gasteiger partial charge < -0.3 is 25.4 Å². The van der Waals surface area contributed by atoms with Crippen molar-refractivity contribution in [2.24, 2.45) is 0 Å². The number of ether oxygens (including phenoxy) is 1. The fourth-order valence-corrected chi connectivity index (χ4v) is 1.66. The Labute approximate surface area is 127 Å². The summed E-state index contributed by atoms with van der Waals surface area (Å²) in [5.41, 5.74) is -1.08. The molecule has 1 heterocycles. The zero-order valence-electron chi connectivity index (χ0n) is 12.6. The highest BCUT2D eigenvalue weighted by molar-refractivity contribution is 5.87. The highest BCUT2D eigenvalue weighted by Crippen LogP contribution is 2.19. The molecule has 22 heavy (non-hydrogen) atoms. The largest absolute Gasteiger partial charge is 0.477 e. The number of carbonyl (C=O) groups is 2. The van der Waals surface area contributed by atoms with Crippen molar-refractivity contribution in [2.75, 3.05) is 6.54 Å². The van der Waals surface area contributed by atoms with Gasteiger partial charge in [-0.05, 0) is 26.8 Å². The summed E-state index contributed by atoms with van der Waals surface area (Å²) in [7, 11) is 0. The van der Waals surface area contributed by atoms with E-state index in [4.69, 9.17) is 9.84 Å². The van der Waals surface area contributed by atoms with Gasteiger partial charge in [0.1, 0.15) is 17.8 Å². The minimum absolute atomic E-state index is 0.0338. The van der Waals surface area contributed by atoms with Gasteiger partial charge in [-0.3, -0.25) is 0 Å². The second kappa shape index (κ2) is 7.19. The molecular weight excluding hydrogens is 292 g/mol. The second-order valence-corrected chi connectivity index (χ2v) is 5.64. The average Bonchev–Trinajstić information content (AvgIpc) is 2.42. The first-order valence-electron chi connectivity index (χ1n) is 6.63. The first-order valence-corrected chi connectivity index (χ1v) is 6.63. The Bertz CT molecular complexity index is 540. The average molecular weight is 312 g/mol. The third kappa shape index (κ3) is 5.30. The molecule has 0 saturated heterocycles. The number of alkyl carbamates (subject to hydrolysis) is 1. The first-order chi connectivity index (χ1) is 10.1. The predicted octanol–water partition coefficient (Wildman–Crippen LogP) is 0.699. The topological polar surface area (TPSA) is 129 Å². The Morgan fingerprint density at radius 1 is 1.36 bits per heavy atom. The Morgan fingerprint density at radius 2 is 2.00 bits per heavy atom. The first kappa shape index (κ1) is 17.9. The molecular formula is C14H20N2O6. The van der Waals surface area contributed by atoms with E-state index in [0.717, 1.165) is 0 Å². The summed E-state index contributed by atoms with van der Waals surface area (Å²) in [4.78, 5) is 26.1. The molecule has 122 valence electrons. The molecule has 0 radical (unpaired) electrons. The molecule has 0 aliphatic rings. The molecule has 1 aromatic heterocycles. The third-order valence-electron chi connectivity index (χ3n) is 2.58. The molecule has 0 saturated carbocycles. The molecule has 0 fully saturated rings. The lowest BCUT2D eigenvalue weighted by molar-refractivity contribution is 0.0118. The summed E-state index contributed by atoms with van der Waals surface area (Å²) >= 11 is 0. The lowest BCUT2D eigenvalue weighted by atomic mass is 10.0. The minimum Gasteiger partial charge on any atom is -0.477 e. The monoisotopic (exact) mass is 312 g/mol. The van der Waals surface area contributed by atoms with Gasteiger partial charge in [0.2, 0.25) is 0 Å². The van der Waals surface area contributed by atoms with Gasteiger partial charge in [-0.2, -0.15) is 0 Å². The standard InChI is InChI=1S/C14H20N2O6/c1-14(2,3)22-13(21)16-7-9(17)11(18)8-5-4-6-15-10(8)12(19)20/h4-6,9,11,17-18H,7H2,1-3H3,(H,16,21)(H,19,20). The van der Waals surface area contributed by atoms with Crippen LogP contribution in [0.2, 0.25) is 0 Å². The van der Waals surface area contributed by atoms with Crippen molar-refractivity contribution in [3.05, 3.63) is 29.6 Å². The highest BCUT2D eigenvalue weighted by atomic mass is 16.6. The molecule has 8 nitrogen and oxygen atoms in total. The maximum Gasteiger partial charge on any atom is 0.407 e. The van der Waals surface area contributed by atoms with Crippen LogP contribution in [-0.2, 0) is 4.74 Å². The third-order valence-corrected chi connectivity index (χ3v) is 2.58. The van der Waals surface area contributed by atoms with Crippen molar-refractivity contribution < 1.29 is 29.6 Å². The van der Waals surface area contributed by atoms with E-state index < -0.39 is 29.9 Å². The van der Waals surface area contributed by atoms with E-state index >= 15 is 0 Å². The fourth-order valence-electron chi connectivity index (χ4n) is 1.66. The van der Waals surface area contributed by atoms with Gasteiger partial charge in [-0.25, -0.2) is 14.6 Å². The summed E-state index contributed by atoms with van der Waals surface area (Å²) in [6, 6.07) is 2.79. The van der Waals surface area contributed by atoms with Crippen molar-refractivity contribution in [1.82, 2.24) is 10.3 Å². The molecule has 0 aliphatic carbocycles. The van der Waals surface area contributed by atoms with Crippen LogP contribution < -0.4 is 5.32 Å². The van der Waals surface area contributed by atoms with Gasteiger partial charge in [-0.15, -0.1) is 0 Å². The van der Waals surface area contributed by atoms with Gasteiger partial charge in [0.05, 0.1) is 0 Å². The lowest BCUT2D eigenvalue weighted by Gasteiger charge is -2.22. The Hall–Kier alpha value is -2.19. The van der Waals surface area contributed by atoms with Crippen LogP contribution in [0.5, 0.6) is 0 Å². The van der Waals surface area contributed by atoms with E-state index in [-0.39, 0.29) is 17.8 Å². The van der Waals surface area contributed by atoms with E-state index in [1.165, 1.54) is 18.3 Å². The smallest absolute Gasteiger partial charge is 0.407 e. The maximum atomic E-state index is 11.5. The van der Waals surface area contributed by atoms with Crippen molar-refractivity contribution in [1.29, 1.82) is 0 Å². The molecule has 2 atom stereocenters. The molecule has 0 bridgehead atoms. The number of hydrogen-bond acceptors (Lipinski definition) is 6. The fraction of sp³-hybridized carbons (Fsp3) is 0.500. The van der Waals surface area contributed by atoms with Gasteiger partial charge in [0.15, 0.2) is 5.69 Å². The van der Waals surface area contributed by atoms with Crippen LogP contribution in [0.15, 0.2) is 18.3 Å². The van der Waals surface area contributed by atoms with Gasteiger partial charge in [0.25, 0.3) is 0 Å². The number of hydrogen-bond donors (Lipinski definition) is 4. The number of pyridine rings is 1. The molecule has 4 N–H and O–H groups in total. The summed E-state index contributed by atoms with van der Waals surface area (Å²) < 4.78 is 4.99. The summed E-state index contributed by atoms with van der Waals surface area (Å²) in [5, 5.41) is 31.2. The molecule has 0 aromatic carbocycles. The van der Waals surface area contributed by atoms with Gasteiger partial charge in [0, 0.05) is 18.3 Å². The van der Waals surface area contributed by atoms with Crippen LogP contribution >= 0.6 is 0 Å². The SMILES string of the molecule is CC(C)(C)OC(=O)NCC(O)C(O)c1cccnc1C(=O)O. The van der Waals surface area contributed by atoms with Crippen molar-refractivity contribution in [3.8, 4) is 0 Å². The van der Waals surface area contributed by atoms with Crippen molar-refractivity contribution in [2.45, 2.75) is 38.6 Å². The maximum absolute atomic E-state index is 11.5. The van der Waals surface area contributed by atoms with E-state index in [1.54, 1.807) is 20.8 Å². The minimum atomic E-state index is -1.50. The number of amides is 1. The number of rotatable bonds is 5. The number of nitrogens with zero attached hydrogens (tertiary/aromatic N) is 1. The molecule has 0 aliphatic heterocycles. The zero-order valence-corrected chi connectivity index (χ0v) is 12.6. The number of carboxylic acid groups (broad SMARTS) is 1. The summed E-state index contributed by atoms with van der Waals surface area (Å²) in [6.07, 6.45) is -2.39. The van der Waals surface area contributed by atoms with Crippen LogP contribution in [0, 0.1) is 0 Å². The molecule has 1 amide bonds. The second-order valence-electron chi connectivity index (χ2n) is 5.64.